The Morgan fingerprint density at radius 1 is 1.37 bits per heavy atom. The van der Waals surface area contributed by atoms with E-state index in [0.29, 0.717) is 6.07 Å². The molecule has 0 radical (unpaired) electrons. The topological polar surface area (TPSA) is 52.3 Å². The minimum absolute atomic E-state index is 0.0719. The van der Waals surface area contributed by atoms with Crippen molar-refractivity contribution in [1.82, 2.24) is 4.98 Å². The third-order valence-electron chi connectivity index (χ3n) is 2.42. The molecule has 2 rings (SSSR count). The van der Waals surface area contributed by atoms with Crippen LogP contribution < -0.4 is 0 Å². The molecule has 0 aliphatic carbocycles. The summed E-state index contributed by atoms with van der Waals surface area (Å²) in [5.74, 6) is -2.49. The molecule has 4 nitrogen and oxygen atoms in total. The van der Waals surface area contributed by atoms with E-state index in [1.54, 1.807) is 0 Å². The molecule has 0 fully saturated rings. The molecule has 0 saturated carbocycles. The van der Waals surface area contributed by atoms with E-state index in [2.05, 4.69) is 9.72 Å². The van der Waals surface area contributed by atoms with Crippen molar-refractivity contribution in [2.45, 2.75) is 6.92 Å². The zero-order chi connectivity index (χ0) is 14.2. The fourth-order valence-corrected chi connectivity index (χ4v) is 1.65. The number of rotatable bonds is 2. The number of nitrogens with zero attached hydrogens (tertiary/aromatic N) is 1. The molecular formula is C12H8ClF2NO3. The van der Waals surface area contributed by atoms with Crippen LogP contribution >= 0.6 is 11.6 Å². The van der Waals surface area contributed by atoms with E-state index in [9.17, 15) is 13.6 Å². The van der Waals surface area contributed by atoms with Crippen LogP contribution in [0.5, 0.6) is 0 Å². The molecule has 0 unspecified atom stereocenters. The van der Waals surface area contributed by atoms with Gasteiger partial charge in [-0.3, -0.25) is 0 Å². The van der Waals surface area contributed by atoms with Crippen molar-refractivity contribution in [3.8, 4) is 11.5 Å². The maximum Gasteiger partial charge on any atom is 0.360 e. The first-order valence-electron chi connectivity index (χ1n) is 5.14. The lowest BCUT2D eigenvalue weighted by atomic mass is 10.2. The first kappa shape index (κ1) is 13.5. The van der Waals surface area contributed by atoms with E-state index < -0.39 is 17.6 Å². The van der Waals surface area contributed by atoms with Crippen molar-refractivity contribution < 1.29 is 22.7 Å². The number of esters is 1. The van der Waals surface area contributed by atoms with Crippen LogP contribution in [0.15, 0.2) is 16.5 Å². The summed E-state index contributed by atoms with van der Waals surface area (Å²) in [5.41, 5.74) is -0.206. The summed E-state index contributed by atoms with van der Waals surface area (Å²) in [6.07, 6.45) is 0. The van der Waals surface area contributed by atoms with Gasteiger partial charge < -0.3 is 9.15 Å². The highest BCUT2D eigenvalue weighted by molar-refractivity contribution is 6.31. The van der Waals surface area contributed by atoms with E-state index in [1.807, 2.05) is 0 Å². The Kier molecular flexibility index (Phi) is 3.53. The van der Waals surface area contributed by atoms with Crippen molar-refractivity contribution in [3.63, 3.8) is 0 Å². The summed E-state index contributed by atoms with van der Waals surface area (Å²) in [7, 11) is 1.19. The lowest BCUT2D eigenvalue weighted by molar-refractivity contribution is 0.0593. The molecule has 0 aliphatic heterocycles. The average molecular weight is 288 g/mol. The number of oxazole rings is 1. The van der Waals surface area contributed by atoms with Crippen molar-refractivity contribution in [3.05, 3.63) is 40.2 Å². The Morgan fingerprint density at radius 2 is 2.05 bits per heavy atom. The highest BCUT2D eigenvalue weighted by atomic mass is 35.5. The summed E-state index contributed by atoms with van der Waals surface area (Å²) in [6.45, 7) is 1.48. The normalized spacial score (nSPS) is 10.6. The first-order chi connectivity index (χ1) is 8.93. The van der Waals surface area contributed by atoms with Crippen molar-refractivity contribution in [2.75, 3.05) is 7.11 Å². The monoisotopic (exact) mass is 287 g/mol. The Bertz CT molecular complexity index is 655. The lowest BCUT2D eigenvalue weighted by Gasteiger charge is -2.00. The van der Waals surface area contributed by atoms with Gasteiger partial charge in [0.15, 0.2) is 5.69 Å². The van der Waals surface area contributed by atoms with Crippen LogP contribution in [0.3, 0.4) is 0 Å². The van der Waals surface area contributed by atoms with Crippen molar-refractivity contribution in [2.24, 2.45) is 0 Å². The summed E-state index contributed by atoms with van der Waals surface area (Å²) in [6, 6.07) is 1.66. The second kappa shape index (κ2) is 4.97. The minimum Gasteiger partial charge on any atom is -0.464 e. The SMILES string of the molecule is COC(=O)c1nc(-c2cc(Cl)c(F)cc2F)oc1C. The molecule has 0 N–H and O–H groups in total. The zero-order valence-electron chi connectivity index (χ0n) is 9.96. The van der Waals surface area contributed by atoms with E-state index in [1.165, 1.54) is 14.0 Å². The third kappa shape index (κ3) is 2.44. The maximum atomic E-state index is 13.6. The van der Waals surface area contributed by atoms with E-state index >= 15 is 0 Å². The van der Waals surface area contributed by atoms with Gasteiger partial charge in [0.05, 0.1) is 17.7 Å². The molecule has 0 spiro atoms. The molecule has 2 aromatic rings. The van der Waals surface area contributed by atoms with Crippen LogP contribution in [0.2, 0.25) is 5.02 Å². The number of benzene rings is 1. The second-order valence-corrected chi connectivity index (χ2v) is 4.07. The van der Waals surface area contributed by atoms with Crippen LogP contribution in [0.25, 0.3) is 11.5 Å². The van der Waals surface area contributed by atoms with E-state index in [-0.39, 0.29) is 27.9 Å². The number of hydrogen-bond acceptors (Lipinski definition) is 4. The Morgan fingerprint density at radius 3 is 2.68 bits per heavy atom. The number of aryl methyl sites for hydroxylation is 1. The standard InChI is InChI=1S/C12H8ClF2NO3/c1-5-10(12(17)18-2)16-11(19-5)6-3-7(13)9(15)4-8(6)14/h3-4H,1-2H3. The third-order valence-corrected chi connectivity index (χ3v) is 2.71. The molecule has 0 bridgehead atoms. The van der Waals surface area contributed by atoms with Gasteiger partial charge >= 0.3 is 5.97 Å². The number of hydrogen-bond donors (Lipinski definition) is 0. The van der Waals surface area contributed by atoms with Crippen LogP contribution in [0.1, 0.15) is 16.2 Å². The van der Waals surface area contributed by atoms with Gasteiger partial charge in [-0.25, -0.2) is 18.6 Å². The molecule has 1 heterocycles. The van der Waals surface area contributed by atoms with E-state index in [0.717, 1.165) is 6.07 Å². The van der Waals surface area contributed by atoms with Gasteiger partial charge in [0.2, 0.25) is 5.89 Å². The molecule has 0 amide bonds. The van der Waals surface area contributed by atoms with Crippen LogP contribution in [0.4, 0.5) is 8.78 Å². The van der Waals surface area contributed by atoms with Gasteiger partial charge in [-0.05, 0) is 13.0 Å². The summed E-state index contributed by atoms with van der Waals surface area (Å²) >= 11 is 5.57. The van der Waals surface area contributed by atoms with Gasteiger partial charge in [-0.1, -0.05) is 11.6 Å². The van der Waals surface area contributed by atoms with Crippen LogP contribution in [-0.4, -0.2) is 18.1 Å². The fourth-order valence-electron chi connectivity index (χ4n) is 1.48. The number of carbonyl (C=O) groups is 1. The smallest absolute Gasteiger partial charge is 0.360 e. The highest BCUT2D eigenvalue weighted by Crippen LogP contribution is 2.29. The van der Waals surface area contributed by atoms with Crippen LogP contribution in [-0.2, 0) is 4.74 Å². The zero-order valence-corrected chi connectivity index (χ0v) is 10.7. The Labute approximate surface area is 112 Å². The van der Waals surface area contributed by atoms with Crippen molar-refractivity contribution >= 4 is 17.6 Å². The van der Waals surface area contributed by atoms with Gasteiger partial charge in [0, 0.05) is 6.07 Å². The molecule has 1 aromatic carbocycles. The van der Waals surface area contributed by atoms with Gasteiger partial charge in [0.1, 0.15) is 17.4 Å². The van der Waals surface area contributed by atoms with Gasteiger partial charge in [-0.2, -0.15) is 0 Å². The number of methoxy groups -OCH3 is 1. The summed E-state index contributed by atoms with van der Waals surface area (Å²) in [4.78, 5) is 15.2. The fraction of sp³-hybridized carbons (Fsp3) is 0.167. The lowest BCUT2D eigenvalue weighted by Crippen LogP contribution is -2.03. The quantitative estimate of drug-likeness (QED) is 0.628. The van der Waals surface area contributed by atoms with Gasteiger partial charge in [0.25, 0.3) is 0 Å². The molecule has 1 aromatic heterocycles. The molecule has 0 saturated heterocycles. The number of ether oxygens (including phenoxy) is 1. The minimum atomic E-state index is -0.889. The summed E-state index contributed by atoms with van der Waals surface area (Å²) in [5, 5.41) is -0.271. The number of halogens is 3. The van der Waals surface area contributed by atoms with Gasteiger partial charge in [-0.15, -0.1) is 0 Å². The molecule has 7 heteroatoms. The molecule has 0 aliphatic rings. The molecule has 19 heavy (non-hydrogen) atoms. The van der Waals surface area contributed by atoms with Crippen molar-refractivity contribution in [1.29, 1.82) is 0 Å². The Hall–Kier alpha value is -1.95. The predicted molar refractivity (Wildman–Crippen MR) is 62.9 cm³/mol. The number of aromatic nitrogens is 1. The molecule has 0 atom stereocenters. The maximum absolute atomic E-state index is 13.6. The molecular weight excluding hydrogens is 280 g/mol. The van der Waals surface area contributed by atoms with E-state index in [4.69, 9.17) is 16.0 Å². The Balaban J connectivity index is 2.54. The molecule has 100 valence electrons. The van der Waals surface area contributed by atoms with Crippen LogP contribution in [0, 0.1) is 18.6 Å². The average Bonchev–Trinajstić information content (AvgIpc) is 2.75. The second-order valence-electron chi connectivity index (χ2n) is 3.66. The first-order valence-corrected chi connectivity index (χ1v) is 5.52. The highest BCUT2D eigenvalue weighted by Gasteiger charge is 2.21. The summed E-state index contributed by atoms with van der Waals surface area (Å²) < 4.78 is 36.3. The predicted octanol–water partition coefficient (Wildman–Crippen LogP) is 3.37. The largest absolute Gasteiger partial charge is 0.464 e. The number of carbonyl (C=O) groups excluding carboxylic acids is 1.